The summed E-state index contributed by atoms with van der Waals surface area (Å²) in [7, 11) is 0. The molecule has 1 amide bonds. The topological polar surface area (TPSA) is 29.1 Å². The first-order valence-electron chi connectivity index (χ1n) is 4.66. The lowest BCUT2D eigenvalue weighted by molar-refractivity contribution is -0.116. The van der Waals surface area contributed by atoms with E-state index in [0.29, 0.717) is 22.2 Å². The van der Waals surface area contributed by atoms with Crippen LogP contribution in [-0.4, -0.2) is 12.5 Å². The molecule has 16 heavy (non-hydrogen) atoms. The van der Waals surface area contributed by atoms with Crippen molar-refractivity contribution in [1.82, 2.24) is 5.32 Å². The summed E-state index contributed by atoms with van der Waals surface area (Å²) in [4.78, 5) is 11.3. The van der Waals surface area contributed by atoms with Crippen LogP contribution >= 0.6 is 23.2 Å². The van der Waals surface area contributed by atoms with Gasteiger partial charge in [-0.3, -0.25) is 4.79 Å². The van der Waals surface area contributed by atoms with Gasteiger partial charge in [0, 0.05) is 28.2 Å². The molecule has 0 aliphatic rings. The maximum atomic E-state index is 11.3. The third kappa shape index (κ3) is 3.72. The van der Waals surface area contributed by atoms with Crippen molar-refractivity contribution in [2.75, 3.05) is 6.54 Å². The Morgan fingerprint density at radius 3 is 2.56 bits per heavy atom. The normalized spacial score (nSPS) is 10.4. The van der Waals surface area contributed by atoms with Gasteiger partial charge in [0.15, 0.2) is 0 Å². The van der Waals surface area contributed by atoms with E-state index in [1.165, 1.54) is 6.08 Å². The molecule has 0 saturated heterocycles. The van der Waals surface area contributed by atoms with Crippen LogP contribution in [0.3, 0.4) is 0 Å². The Morgan fingerprint density at radius 1 is 1.38 bits per heavy atom. The Hall–Kier alpha value is -1.25. The van der Waals surface area contributed by atoms with E-state index in [-0.39, 0.29) is 5.91 Å². The van der Waals surface area contributed by atoms with Crippen LogP contribution in [0.25, 0.3) is 6.08 Å². The van der Waals surface area contributed by atoms with Crippen molar-refractivity contribution in [1.29, 1.82) is 0 Å². The van der Waals surface area contributed by atoms with Crippen LogP contribution in [0, 0.1) is 0 Å². The molecule has 0 aliphatic heterocycles. The van der Waals surface area contributed by atoms with Crippen molar-refractivity contribution in [3.05, 3.63) is 52.5 Å². The minimum atomic E-state index is -0.212. The van der Waals surface area contributed by atoms with Gasteiger partial charge in [0.2, 0.25) is 5.91 Å². The van der Waals surface area contributed by atoms with Crippen molar-refractivity contribution in [3.8, 4) is 0 Å². The second-order valence-corrected chi connectivity index (χ2v) is 3.82. The fourth-order valence-electron chi connectivity index (χ4n) is 1.06. The van der Waals surface area contributed by atoms with Crippen LogP contribution in [0.4, 0.5) is 0 Å². The van der Waals surface area contributed by atoms with Gasteiger partial charge in [0.25, 0.3) is 0 Å². The molecule has 1 aromatic carbocycles. The summed E-state index contributed by atoms with van der Waals surface area (Å²) >= 11 is 11.9. The highest BCUT2D eigenvalue weighted by atomic mass is 35.5. The van der Waals surface area contributed by atoms with Crippen molar-refractivity contribution >= 4 is 35.2 Å². The second kappa shape index (κ2) is 6.36. The minimum Gasteiger partial charge on any atom is -0.349 e. The van der Waals surface area contributed by atoms with Crippen LogP contribution in [0.15, 0.2) is 36.9 Å². The predicted molar refractivity (Wildman–Crippen MR) is 68.7 cm³/mol. The summed E-state index contributed by atoms with van der Waals surface area (Å²) < 4.78 is 0. The van der Waals surface area contributed by atoms with Crippen molar-refractivity contribution in [2.45, 2.75) is 0 Å². The zero-order chi connectivity index (χ0) is 12.0. The van der Waals surface area contributed by atoms with E-state index in [4.69, 9.17) is 23.2 Å². The van der Waals surface area contributed by atoms with Gasteiger partial charge in [-0.15, -0.1) is 6.58 Å². The van der Waals surface area contributed by atoms with Gasteiger partial charge in [-0.05, 0) is 18.2 Å². The average Bonchev–Trinajstić information content (AvgIpc) is 2.25. The van der Waals surface area contributed by atoms with E-state index < -0.39 is 0 Å². The highest BCUT2D eigenvalue weighted by molar-refractivity contribution is 6.37. The van der Waals surface area contributed by atoms with E-state index in [1.54, 1.807) is 30.4 Å². The molecule has 1 N–H and O–H groups in total. The summed E-state index contributed by atoms with van der Waals surface area (Å²) in [5.74, 6) is -0.212. The zero-order valence-electron chi connectivity index (χ0n) is 8.54. The third-order valence-electron chi connectivity index (χ3n) is 1.82. The van der Waals surface area contributed by atoms with Gasteiger partial charge < -0.3 is 5.32 Å². The number of amides is 1. The number of halogens is 2. The molecule has 0 saturated carbocycles. The SMILES string of the molecule is C=CCNC(=O)/C=C/c1c(Cl)cccc1Cl. The van der Waals surface area contributed by atoms with Crippen LogP contribution < -0.4 is 5.32 Å². The van der Waals surface area contributed by atoms with Crippen LogP contribution in [0.2, 0.25) is 10.0 Å². The smallest absolute Gasteiger partial charge is 0.244 e. The van der Waals surface area contributed by atoms with Crippen LogP contribution in [0.5, 0.6) is 0 Å². The van der Waals surface area contributed by atoms with Gasteiger partial charge in [0.1, 0.15) is 0 Å². The summed E-state index contributed by atoms with van der Waals surface area (Å²) in [5, 5.41) is 3.64. The first-order chi connectivity index (χ1) is 7.65. The molecule has 0 aromatic heterocycles. The lowest BCUT2D eigenvalue weighted by Gasteiger charge is -2.00. The van der Waals surface area contributed by atoms with Crippen LogP contribution in [0.1, 0.15) is 5.56 Å². The highest BCUT2D eigenvalue weighted by Gasteiger charge is 2.01. The molecule has 2 nitrogen and oxygen atoms in total. The molecule has 0 bridgehead atoms. The lowest BCUT2D eigenvalue weighted by atomic mass is 10.2. The molecule has 84 valence electrons. The van der Waals surface area contributed by atoms with E-state index >= 15 is 0 Å². The van der Waals surface area contributed by atoms with Crippen molar-refractivity contribution in [3.63, 3.8) is 0 Å². The highest BCUT2D eigenvalue weighted by Crippen LogP contribution is 2.25. The average molecular weight is 256 g/mol. The fraction of sp³-hybridized carbons (Fsp3) is 0.0833. The van der Waals surface area contributed by atoms with E-state index in [9.17, 15) is 4.79 Å². The van der Waals surface area contributed by atoms with Gasteiger partial charge >= 0.3 is 0 Å². The van der Waals surface area contributed by atoms with E-state index in [2.05, 4.69) is 11.9 Å². The number of rotatable bonds is 4. The van der Waals surface area contributed by atoms with Gasteiger partial charge in [-0.1, -0.05) is 35.3 Å². The Kier molecular flexibility index (Phi) is 5.09. The fourth-order valence-corrected chi connectivity index (χ4v) is 1.58. The molecule has 0 unspecified atom stereocenters. The molecule has 0 heterocycles. The largest absolute Gasteiger partial charge is 0.349 e. The maximum Gasteiger partial charge on any atom is 0.244 e. The Labute approximate surface area is 105 Å². The monoisotopic (exact) mass is 255 g/mol. The number of carbonyl (C=O) groups excluding carboxylic acids is 1. The zero-order valence-corrected chi connectivity index (χ0v) is 10.1. The maximum absolute atomic E-state index is 11.3. The molecule has 0 fully saturated rings. The number of hydrogen-bond donors (Lipinski definition) is 1. The lowest BCUT2D eigenvalue weighted by Crippen LogP contribution is -2.20. The van der Waals surface area contributed by atoms with Crippen molar-refractivity contribution in [2.24, 2.45) is 0 Å². The molecule has 0 aliphatic carbocycles. The molecule has 0 spiro atoms. The van der Waals surface area contributed by atoms with Crippen molar-refractivity contribution < 1.29 is 4.79 Å². The Morgan fingerprint density at radius 2 is 2.00 bits per heavy atom. The summed E-state index contributed by atoms with van der Waals surface area (Å²) in [6.45, 7) is 3.93. The number of nitrogens with one attached hydrogen (secondary N) is 1. The number of hydrogen-bond acceptors (Lipinski definition) is 1. The molecule has 0 radical (unpaired) electrons. The number of carbonyl (C=O) groups is 1. The standard InChI is InChI=1S/C12H11Cl2NO/c1-2-8-15-12(16)7-6-9-10(13)4-3-5-11(9)14/h2-7H,1,8H2,(H,15,16)/b7-6+. The van der Waals surface area contributed by atoms with Crippen LogP contribution in [-0.2, 0) is 4.79 Å². The third-order valence-corrected chi connectivity index (χ3v) is 2.48. The first kappa shape index (κ1) is 12.8. The Bertz CT molecular complexity index is 407. The summed E-state index contributed by atoms with van der Waals surface area (Å²) in [6.07, 6.45) is 4.58. The first-order valence-corrected chi connectivity index (χ1v) is 5.41. The predicted octanol–water partition coefficient (Wildman–Crippen LogP) is 3.31. The number of benzene rings is 1. The molecule has 0 atom stereocenters. The molecular formula is C12H11Cl2NO. The quantitative estimate of drug-likeness (QED) is 0.649. The van der Waals surface area contributed by atoms with Gasteiger partial charge in [-0.25, -0.2) is 0 Å². The molecular weight excluding hydrogens is 245 g/mol. The molecule has 1 rings (SSSR count). The molecule has 1 aromatic rings. The van der Waals surface area contributed by atoms with Gasteiger partial charge in [0.05, 0.1) is 0 Å². The Balaban J connectivity index is 2.76. The van der Waals surface area contributed by atoms with E-state index in [1.807, 2.05) is 0 Å². The minimum absolute atomic E-state index is 0.212. The summed E-state index contributed by atoms with van der Waals surface area (Å²) in [6, 6.07) is 5.18. The summed E-state index contributed by atoms with van der Waals surface area (Å²) in [5.41, 5.74) is 0.639. The van der Waals surface area contributed by atoms with E-state index in [0.717, 1.165) is 0 Å². The molecule has 4 heteroatoms. The second-order valence-electron chi connectivity index (χ2n) is 3.00. The van der Waals surface area contributed by atoms with Gasteiger partial charge in [-0.2, -0.15) is 0 Å².